The van der Waals surface area contributed by atoms with E-state index in [0.29, 0.717) is 42.4 Å². The highest BCUT2D eigenvalue weighted by atomic mass is 19.2. The Hall–Kier alpha value is -3.51. The molecular formula is C27H24F2NO3+. The van der Waals surface area contributed by atoms with Gasteiger partial charge >= 0.3 is 0 Å². The quantitative estimate of drug-likeness (QED) is 0.311. The van der Waals surface area contributed by atoms with Crippen LogP contribution in [-0.2, 0) is 11.3 Å². The van der Waals surface area contributed by atoms with Crippen LogP contribution in [0, 0.1) is 11.6 Å². The third-order valence-corrected chi connectivity index (χ3v) is 6.12. The van der Waals surface area contributed by atoms with Crippen LogP contribution in [0.25, 0.3) is 21.9 Å². The van der Waals surface area contributed by atoms with Crippen LogP contribution in [0.4, 0.5) is 8.78 Å². The van der Waals surface area contributed by atoms with Gasteiger partial charge < -0.3 is 9.47 Å². The Bertz CT molecular complexity index is 1290. The Morgan fingerprint density at radius 1 is 0.939 bits per heavy atom. The molecule has 5 rings (SSSR count). The topological polar surface area (TPSA) is 42.6 Å². The van der Waals surface area contributed by atoms with E-state index in [0.717, 1.165) is 40.0 Å². The van der Waals surface area contributed by atoms with Gasteiger partial charge in [0.1, 0.15) is 12.4 Å². The molecule has 0 amide bonds. The fraction of sp³-hybridized carbons (Fsp3) is 0.222. The predicted molar refractivity (Wildman–Crippen MR) is 120 cm³/mol. The summed E-state index contributed by atoms with van der Waals surface area (Å²) in [5.74, 6) is -1.14. The molecule has 0 atom stereocenters. The van der Waals surface area contributed by atoms with Crippen molar-refractivity contribution in [1.82, 2.24) is 0 Å². The summed E-state index contributed by atoms with van der Waals surface area (Å²) >= 11 is 0. The second kappa shape index (κ2) is 9.16. The van der Waals surface area contributed by atoms with E-state index >= 15 is 0 Å². The summed E-state index contributed by atoms with van der Waals surface area (Å²) in [5, 5.41) is 12.6. The minimum Gasteiger partial charge on any atom is -0.489 e. The Morgan fingerprint density at radius 2 is 1.73 bits per heavy atom. The molecule has 168 valence electrons. The molecule has 6 heteroatoms. The van der Waals surface area contributed by atoms with Crippen molar-refractivity contribution < 1.29 is 28.2 Å². The number of nitrogens with zero attached hydrogens (tertiary/aromatic N) is 1. The predicted octanol–water partition coefficient (Wildman–Crippen LogP) is 5.78. The second-order valence-corrected chi connectivity index (χ2v) is 8.27. The number of fused-ring (bicyclic) bond motifs is 1. The van der Waals surface area contributed by atoms with E-state index in [1.165, 1.54) is 6.07 Å². The molecule has 0 bridgehead atoms. The first-order valence-electron chi connectivity index (χ1n) is 11.0. The minimum atomic E-state index is -0.922. The highest BCUT2D eigenvalue weighted by Gasteiger charge is 2.32. The van der Waals surface area contributed by atoms with Gasteiger partial charge in [0.2, 0.25) is 11.9 Å². The zero-order valence-corrected chi connectivity index (χ0v) is 18.0. The number of hydrogen-bond donors (Lipinski definition) is 1. The van der Waals surface area contributed by atoms with E-state index in [1.807, 2.05) is 48.5 Å². The average molecular weight is 448 g/mol. The van der Waals surface area contributed by atoms with Crippen LogP contribution in [0.15, 0.2) is 72.9 Å². The molecule has 1 aliphatic rings. The average Bonchev–Trinajstić information content (AvgIpc) is 2.84. The number of halogens is 2. The summed E-state index contributed by atoms with van der Waals surface area (Å²) in [6.45, 7) is 1.60. The molecule has 0 unspecified atom stereocenters. The largest absolute Gasteiger partial charge is 0.489 e. The lowest BCUT2D eigenvalue weighted by molar-refractivity contribution is -0.909. The monoisotopic (exact) mass is 448 g/mol. The fourth-order valence-corrected chi connectivity index (χ4v) is 4.48. The number of ether oxygens (including phenoxy) is 2. The lowest BCUT2D eigenvalue weighted by Crippen LogP contribution is -2.38. The first-order valence-corrected chi connectivity index (χ1v) is 11.0. The van der Waals surface area contributed by atoms with Crippen molar-refractivity contribution in [2.24, 2.45) is 0 Å². The highest BCUT2D eigenvalue weighted by molar-refractivity contribution is 5.97. The molecule has 2 heterocycles. The van der Waals surface area contributed by atoms with Crippen molar-refractivity contribution in [2.45, 2.75) is 25.4 Å². The van der Waals surface area contributed by atoms with Crippen molar-refractivity contribution in [3.63, 3.8) is 0 Å². The van der Waals surface area contributed by atoms with Crippen molar-refractivity contribution in [3.8, 4) is 16.9 Å². The van der Waals surface area contributed by atoms with Gasteiger partial charge in [0.15, 0.2) is 11.6 Å². The van der Waals surface area contributed by atoms with Gasteiger partial charge in [-0.25, -0.2) is 8.78 Å². The molecule has 1 aromatic heterocycles. The summed E-state index contributed by atoms with van der Waals surface area (Å²) in [7, 11) is 0. The number of benzene rings is 3. The normalized spacial score (nSPS) is 14.5. The molecule has 0 aliphatic carbocycles. The molecule has 1 saturated heterocycles. The van der Waals surface area contributed by atoms with Crippen LogP contribution >= 0.6 is 0 Å². The summed E-state index contributed by atoms with van der Waals surface area (Å²) in [6, 6.07) is 19.3. The van der Waals surface area contributed by atoms with Crippen LogP contribution < -0.4 is 9.47 Å². The van der Waals surface area contributed by atoms with Gasteiger partial charge in [-0.05, 0) is 54.3 Å². The van der Waals surface area contributed by atoms with E-state index in [1.54, 1.807) is 12.3 Å². The molecule has 1 N–H and O–H groups in total. The van der Waals surface area contributed by atoms with Crippen LogP contribution in [0.2, 0.25) is 0 Å². The van der Waals surface area contributed by atoms with E-state index in [4.69, 9.17) is 9.47 Å². The fourth-order valence-electron chi connectivity index (χ4n) is 4.48. The summed E-state index contributed by atoms with van der Waals surface area (Å²) in [5.41, 5.74) is 2.93. The molecule has 4 nitrogen and oxygen atoms in total. The number of hydrogen-bond acceptors (Lipinski definition) is 3. The van der Waals surface area contributed by atoms with Crippen LogP contribution in [0.5, 0.6) is 5.75 Å². The summed E-state index contributed by atoms with van der Waals surface area (Å²) in [6.07, 6.45) is 3.13. The minimum absolute atomic E-state index is 0.0327. The maximum absolute atomic E-state index is 14.2. The zero-order valence-electron chi connectivity index (χ0n) is 18.0. The number of rotatable bonds is 5. The highest BCUT2D eigenvalue weighted by Crippen LogP contribution is 2.38. The van der Waals surface area contributed by atoms with Crippen LogP contribution in [0.1, 0.15) is 30.0 Å². The van der Waals surface area contributed by atoms with Gasteiger partial charge in [0, 0.05) is 23.3 Å². The Kier molecular flexibility index (Phi) is 5.92. The van der Waals surface area contributed by atoms with Gasteiger partial charge in [-0.3, -0.25) is 5.21 Å². The van der Waals surface area contributed by atoms with Crippen molar-refractivity contribution in [3.05, 3.63) is 95.8 Å². The number of pyridine rings is 1. The Labute approximate surface area is 190 Å². The molecule has 0 radical (unpaired) electrons. The van der Waals surface area contributed by atoms with E-state index in [9.17, 15) is 14.0 Å². The lowest BCUT2D eigenvalue weighted by atomic mass is 9.87. The summed E-state index contributed by atoms with van der Waals surface area (Å²) < 4.78 is 40.4. The maximum atomic E-state index is 14.2. The van der Waals surface area contributed by atoms with Crippen molar-refractivity contribution in [2.75, 3.05) is 13.2 Å². The molecule has 1 aliphatic heterocycles. The molecule has 4 aromatic rings. The molecular weight excluding hydrogens is 424 g/mol. The zero-order chi connectivity index (χ0) is 22.8. The third-order valence-electron chi connectivity index (χ3n) is 6.12. The number of aromatic nitrogens is 1. The van der Waals surface area contributed by atoms with E-state index in [-0.39, 0.29) is 5.92 Å². The first kappa shape index (κ1) is 21.3. The van der Waals surface area contributed by atoms with Crippen LogP contribution in [-0.4, -0.2) is 18.4 Å². The van der Waals surface area contributed by atoms with E-state index in [2.05, 4.69) is 0 Å². The third kappa shape index (κ3) is 4.39. The van der Waals surface area contributed by atoms with Crippen LogP contribution in [0.3, 0.4) is 0 Å². The smallest absolute Gasteiger partial charge is 0.245 e. The standard InChI is InChI=1S/C27H24F2NO3/c28-24-9-6-20(15-25(24)29)26-23-8-7-22(33-17-18-4-2-1-3-5-18)14-21(23)16-30(31)27(26)19-10-12-32-13-11-19/h1-9,14-16,19,31H,10-13,17H2/q+1. The molecule has 1 fully saturated rings. The van der Waals surface area contributed by atoms with Gasteiger partial charge in [-0.1, -0.05) is 36.4 Å². The maximum Gasteiger partial charge on any atom is 0.245 e. The van der Waals surface area contributed by atoms with Gasteiger partial charge in [-0.15, -0.1) is 0 Å². The molecule has 3 aromatic carbocycles. The second-order valence-electron chi connectivity index (χ2n) is 8.27. The Morgan fingerprint density at radius 3 is 2.48 bits per heavy atom. The van der Waals surface area contributed by atoms with E-state index < -0.39 is 11.6 Å². The van der Waals surface area contributed by atoms with Gasteiger partial charge in [-0.2, -0.15) is 0 Å². The lowest BCUT2D eigenvalue weighted by Gasteiger charge is -2.22. The molecule has 33 heavy (non-hydrogen) atoms. The molecule has 0 saturated carbocycles. The summed E-state index contributed by atoms with van der Waals surface area (Å²) in [4.78, 5) is 0. The first-order chi connectivity index (χ1) is 16.1. The van der Waals surface area contributed by atoms with Gasteiger partial charge in [0.05, 0.1) is 16.9 Å². The van der Waals surface area contributed by atoms with Gasteiger partial charge in [0.25, 0.3) is 0 Å². The Balaban J connectivity index is 1.61. The molecule has 0 spiro atoms. The van der Waals surface area contributed by atoms with Crippen molar-refractivity contribution in [1.29, 1.82) is 0 Å². The SMILES string of the molecule is O[n+]1cc2cc(OCc3ccccc3)ccc2c(-c2ccc(F)c(F)c2)c1C1CCOCC1. The van der Waals surface area contributed by atoms with Crippen molar-refractivity contribution >= 4 is 10.8 Å².